The van der Waals surface area contributed by atoms with Crippen LogP contribution in [0.15, 0.2) is 41.2 Å². The van der Waals surface area contributed by atoms with Gasteiger partial charge < -0.3 is 20.2 Å². The van der Waals surface area contributed by atoms with Crippen molar-refractivity contribution < 1.29 is 14.3 Å². The topological polar surface area (TPSA) is 94.4 Å². The number of hydrogen-bond acceptors (Lipinski definition) is 4. The van der Waals surface area contributed by atoms with Gasteiger partial charge in [-0.3, -0.25) is 4.79 Å². The molecule has 0 fully saturated rings. The molecule has 0 saturated heterocycles. The fourth-order valence-electron chi connectivity index (χ4n) is 3.36. The Hall–Kier alpha value is -3.28. The van der Waals surface area contributed by atoms with Gasteiger partial charge in [-0.25, -0.2) is 4.79 Å². The maximum atomic E-state index is 12.1. The van der Waals surface area contributed by atoms with Gasteiger partial charge in [-0.15, -0.1) is 0 Å². The van der Waals surface area contributed by atoms with Gasteiger partial charge in [-0.05, 0) is 42.7 Å². The third-order valence-corrected chi connectivity index (χ3v) is 4.95. The lowest BCUT2D eigenvalue weighted by molar-refractivity contribution is 0.151. The van der Waals surface area contributed by atoms with Crippen LogP contribution in [0.3, 0.4) is 0 Å². The molecule has 1 atom stereocenters. The number of nitrogens with two attached hydrogens (primary N) is 1. The first-order chi connectivity index (χ1) is 13.3. The first kappa shape index (κ1) is 19.5. The molecule has 0 bridgehead atoms. The molecule has 3 rings (SSSR count). The fraction of sp³-hybridized carbons (Fsp3) is 0.273. The Morgan fingerprint density at radius 3 is 2.43 bits per heavy atom. The van der Waals surface area contributed by atoms with Crippen LogP contribution in [-0.2, 0) is 4.74 Å². The lowest BCUT2D eigenvalue weighted by atomic mass is 9.93. The van der Waals surface area contributed by atoms with Crippen molar-refractivity contribution in [1.82, 2.24) is 4.98 Å². The second-order valence-electron chi connectivity index (χ2n) is 6.99. The summed E-state index contributed by atoms with van der Waals surface area (Å²) in [6, 6.07) is 11.8. The highest BCUT2D eigenvalue weighted by atomic mass is 16.5. The molecule has 1 heterocycles. The number of aryl methyl sites for hydroxylation is 2. The summed E-state index contributed by atoms with van der Waals surface area (Å²) >= 11 is 0. The van der Waals surface area contributed by atoms with E-state index in [9.17, 15) is 9.59 Å². The highest BCUT2D eigenvalue weighted by molar-refractivity contribution is 5.99. The van der Waals surface area contributed by atoms with Gasteiger partial charge in [0.1, 0.15) is 5.75 Å². The second-order valence-corrected chi connectivity index (χ2v) is 6.99. The number of carbonyl (C=O) groups excluding carboxylic acids is 1. The Morgan fingerprint density at radius 1 is 1.14 bits per heavy atom. The molecule has 0 aliphatic heterocycles. The zero-order valence-corrected chi connectivity index (χ0v) is 16.5. The molecule has 146 valence electrons. The molecule has 6 nitrogen and oxygen atoms in total. The first-order valence-electron chi connectivity index (χ1n) is 9.05. The van der Waals surface area contributed by atoms with E-state index in [1.54, 1.807) is 14.0 Å². The van der Waals surface area contributed by atoms with Gasteiger partial charge in [-0.2, -0.15) is 0 Å². The van der Waals surface area contributed by atoms with Gasteiger partial charge >= 0.3 is 6.09 Å². The minimum absolute atomic E-state index is 0.0248. The number of aromatic nitrogens is 1. The van der Waals surface area contributed by atoms with Crippen molar-refractivity contribution in [2.75, 3.05) is 13.7 Å². The number of nitrogens with one attached hydrogen (secondary N) is 1. The number of hydrogen-bond donors (Lipinski definition) is 2. The van der Waals surface area contributed by atoms with Crippen LogP contribution in [0, 0.1) is 13.8 Å². The van der Waals surface area contributed by atoms with Crippen LogP contribution in [0.4, 0.5) is 4.79 Å². The number of carbonyl (C=O) groups is 1. The molecule has 1 amide bonds. The number of methoxy groups -OCH3 is 1. The van der Waals surface area contributed by atoms with Crippen LogP contribution >= 0.6 is 0 Å². The summed E-state index contributed by atoms with van der Waals surface area (Å²) in [5.74, 6) is 0.770. The highest BCUT2D eigenvalue weighted by Gasteiger charge is 2.16. The molecule has 0 aliphatic carbocycles. The van der Waals surface area contributed by atoms with Crippen molar-refractivity contribution in [2.45, 2.75) is 26.7 Å². The SMILES string of the molecule is COc1cc(C)c2[nH]c(=O)c(C)cc2c1-c1ccc(C(C)COC(N)=O)cc1. The monoisotopic (exact) mass is 380 g/mol. The third-order valence-electron chi connectivity index (χ3n) is 4.95. The maximum Gasteiger partial charge on any atom is 0.404 e. The number of aromatic amines is 1. The number of fused-ring (bicyclic) bond motifs is 1. The normalized spacial score (nSPS) is 12.0. The Kier molecular flexibility index (Phi) is 5.40. The van der Waals surface area contributed by atoms with Crippen LogP contribution in [0.1, 0.15) is 29.5 Å². The van der Waals surface area contributed by atoms with E-state index in [-0.39, 0.29) is 18.1 Å². The number of H-pyrrole nitrogens is 1. The van der Waals surface area contributed by atoms with E-state index in [1.165, 1.54) is 0 Å². The summed E-state index contributed by atoms with van der Waals surface area (Å²) in [5, 5.41) is 0.937. The van der Waals surface area contributed by atoms with Crippen molar-refractivity contribution in [1.29, 1.82) is 0 Å². The minimum Gasteiger partial charge on any atom is -0.496 e. The molecule has 3 aromatic rings. The van der Waals surface area contributed by atoms with E-state index < -0.39 is 6.09 Å². The lowest BCUT2D eigenvalue weighted by Crippen LogP contribution is -2.16. The van der Waals surface area contributed by atoms with Gasteiger partial charge in [0.25, 0.3) is 5.56 Å². The third kappa shape index (κ3) is 3.71. The van der Waals surface area contributed by atoms with Gasteiger partial charge in [0.15, 0.2) is 0 Å². The Balaban J connectivity index is 2.10. The molecule has 0 radical (unpaired) electrons. The largest absolute Gasteiger partial charge is 0.496 e. The lowest BCUT2D eigenvalue weighted by Gasteiger charge is -2.16. The Bertz CT molecular complexity index is 1080. The molecule has 1 aromatic heterocycles. The molecule has 0 saturated carbocycles. The summed E-state index contributed by atoms with van der Waals surface area (Å²) in [6.45, 7) is 5.93. The predicted octanol–water partition coefficient (Wildman–Crippen LogP) is 4.02. The minimum atomic E-state index is -0.774. The quantitative estimate of drug-likeness (QED) is 0.699. The van der Waals surface area contributed by atoms with Crippen LogP contribution in [-0.4, -0.2) is 24.8 Å². The second kappa shape index (κ2) is 7.76. The van der Waals surface area contributed by atoms with E-state index in [0.29, 0.717) is 5.56 Å². The smallest absolute Gasteiger partial charge is 0.404 e. The molecule has 0 spiro atoms. The summed E-state index contributed by atoms with van der Waals surface area (Å²) in [5.41, 5.74) is 10.3. The molecule has 3 N–H and O–H groups in total. The van der Waals surface area contributed by atoms with E-state index in [4.69, 9.17) is 15.2 Å². The first-order valence-corrected chi connectivity index (χ1v) is 9.05. The van der Waals surface area contributed by atoms with E-state index >= 15 is 0 Å². The average molecular weight is 380 g/mol. The number of rotatable bonds is 5. The van der Waals surface area contributed by atoms with E-state index in [1.807, 2.05) is 50.2 Å². The summed E-state index contributed by atoms with van der Waals surface area (Å²) < 4.78 is 10.5. The number of pyridine rings is 1. The molecule has 1 unspecified atom stereocenters. The number of benzene rings is 2. The van der Waals surface area contributed by atoms with Gasteiger partial charge in [-0.1, -0.05) is 31.2 Å². The fourth-order valence-corrected chi connectivity index (χ4v) is 3.36. The van der Waals surface area contributed by atoms with Crippen molar-refractivity contribution >= 4 is 17.0 Å². The summed E-state index contributed by atoms with van der Waals surface area (Å²) in [4.78, 5) is 25.9. The van der Waals surface area contributed by atoms with Crippen molar-refractivity contribution in [2.24, 2.45) is 5.73 Å². The van der Waals surface area contributed by atoms with Crippen molar-refractivity contribution in [3.63, 3.8) is 0 Å². The van der Waals surface area contributed by atoms with Crippen LogP contribution < -0.4 is 16.0 Å². The van der Waals surface area contributed by atoms with Crippen molar-refractivity contribution in [3.8, 4) is 16.9 Å². The molecule has 0 aliphatic rings. The summed E-state index contributed by atoms with van der Waals surface area (Å²) in [7, 11) is 1.64. The predicted molar refractivity (Wildman–Crippen MR) is 110 cm³/mol. The van der Waals surface area contributed by atoms with Crippen molar-refractivity contribution in [3.05, 3.63) is 63.4 Å². The zero-order valence-electron chi connectivity index (χ0n) is 16.5. The molecule has 28 heavy (non-hydrogen) atoms. The molecular formula is C22H24N2O4. The van der Waals surface area contributed by atoms with Gasteiger partial charge in [0.05, 0.1) is 19.2 Å². The van der Waals surface area contributed by atoms with Crippen LogP contribution in [0.5, 0.6) is 5.75 Å². The van der Waals surface area contributed by atoms with E-state index in [0.717, 1.165) is 38.9 Å². The Morgan fingerprint density at radius 2 is 1.82 bits per heavy atom. The highest BCUT2D eigenvalue weighted by Crippen LogP contribution is 2.38. The number of amides is 1. The van der Waals surface area contributed by atoms with E-state index in [2.05, 4.69) is 4.98 Å². The van der Waals surface area contributed by atoms with Gasteiger partial charge in [0.2, 0.25) is 0 Å². The standard InChI is InChI=1S/C22H24N2O4/c1-12-10-18(27-4)19(17-9-13(2)21(25)24-20(12)17)16-7-5-15(6-8-16)14(3)11-28-22(23)26/h5-10,14H,11H2,1-4H3,(H2,23,26)(H,24,25). The molecule has 6 heteroatoms. The Labute approximate surface area is 163 Å². The molecule has 2 aromatic carbocycles. The van der Waals surface area contributed by atoms with Crippen LogP contribution in [0.25, 0.3) is 22.0 Å². The number of ether oxygens (including phenoxy) is 2. The average Bonchev–Trinajstić information content (AvgIpc) is 2.67. The maximum absolute atomic E-state index is 12.1. The van der Waals surface area contributed by atoms with Crippen LogP contribution in [0.2, 0.25) is 0 Å². The zero-order chi connectivity index (χ0) is 20.4. The summed E-state index contributed by atoms with van der Waals surface area (Å²) in [6.07, 6.45) is -0.774. The van der Waals surface area contributed by atoms with Gasteiger partial charge in [0, 0.05) is 22.4 Å². The number of primary amides is 1. The molecular weight excluding hydrogens is 356 g/mol.